The van der Waals surface area contributed by atoms with Crippen LogP contribution in [0.1, 0.15) is 71.2 Å². The molecular formula is C42H37N5+2. The van der Waals surface area contributed by atoms with Crippen molar-refractivity contribution in [1.82, 2.24) is 24.9 Å². The van der Waals surface area contributed by atoms with E-state index in [1.165, 1.54) is 102 Å². The van der Waals surface area contributed by atoms with Crippen LogP contribution >= 0.6 is 0 Å². The first-order valence-corrected chi connectivity index (χ1v) is 16.5. The minimum atomic E-state index is 0.911. The summed E-state index contributed by atoms with van der Waals surface area (Å²) in [4.78, 5) is 18.0. The minimum Gasteiger partial charge on any atom is -0.359 e. The molecule has 0 radical (unpaired) electrons. The second-order valence-electron chi connectivity index (χ2n) is 13.2. The Balaban J connectivity index is 0.850. The number of H-pyrrole nitrogens is 5. The molecule has 4 aliphatic carbocycles. The maximum atomic E-state index is 3.72. The van der Waals surface area contributed by atoms with E-state index in [1.54, 1.807) is 0 Å². The molecule has 47 heavy (non-hydrogen) atoms. The molecule has 5 aromatic heterocycles. The van der Waals surface area contributed by atoms with Crippen LogP contribution in [0.3, 0.4) is 0 Å². The van der Waals surface area contributed by atoms with Gasteiger partial charge in [0.15, 0.2) is 11.4 Å². The summed E-state index contributed by atoms with van der Waals surface area (Å²) < 4.78 is 0. The van der Waals surface area contributed by atoms with Gasteiger partial charge in [0.2, 0.25) is 0 Å². The van der Waals surface area contributed by atoms with Gasteiger partial charge in [0.25, 0.3) is 0 Å². The lowest BCUT2D eigenvalue weighted by molar-refractivity contribution is 1.08. The monoisotopic (exact) mass is 611 g/mol. The first kappa shape index (κ1) is 27.6. The first-order valence-electron chi connectivity index (χ1n) is 16.5. The molecule has 5 heterocycles. The van der Waals surface area contributed by atoms with Gasteiger partial charge in [0.1, 0.15) is 0 Å². The Morgan fingerprint density at radius 3 is 1.26 bits per heavy atom. The van der Waals surface area contributed by atoms with Crippen molar-refractivity contribution in [1.29, 1.82) is 0 Å². The van der Waals surface area contributed by atoms with Crippen LogP contribution in [0.25, 0.3) is 33.4 Å². The van der Waals surface area contributed by atoms with E-state index >= 15 is 0 Å². The summed E-state index contributed by atoms with van der Waals surface area (Å²) in [5, 5.41) is 2.38. The second-order valence-corrected chi connectivity index (χ2v) is 13.2. The highest BCUT2D eigenvalue weighted by atomic mass is 14.8. The summed E-state index contributed by atoms with van der Waals surface area (Å²) in [5.74, 6) is 2.65. The van der Waals surface area contributed by atoms with Crippen LogP contribution in [0, 0.1) is 25.7 Å². The number of hydrogen-bond acceptors (Lipinski definition) is 0. The molecule has 4 aliphatic rings. The molecule has 228 valence electrons. The minimum absolute atomic E-state index is 0.911. The van der Waals surface area contributed by atoms with Crippen molar-refractivity contribution in [3.8, 4) is 0 Å². The third-order valence-corrected chi connectivity index (χ3v) is 9.96. The van der Waals surface area contributed by atoms with E-state index in [4.69, 9.17) is 0 Å². The van der Waals surface area contributed by atoms with Gasteiger partial charge in [-0.05, 0) is 72.5 Å². The lowest BCUT2D eigenvalue weighted by Gasteiger charge is -2.03. The second kappa shape index (κ2) is 11.0. The van der Waals surface area contributed by atoms with Crippen LogP contribution < -0.4 is 10.7 Å². The predicted octanol–water partition coefficient (Wildman–Crippen LogP) is 8.15. The molecule has 5 aromatic rings. The van der Waals surface area contributed by atoms with E-state index in [1.807, 2.05) is 0 Å². The fourth-order valence-electron chi connectivity index (χ4n) is 7.27. The molecule has 0 saturated carbocycles. The number of aromatic nitrogens is 5. The van der Waals surface area contributed by atoms with E-state index in [0.717, 1.165) is 25.7 Å². The van der Waals surface area contributed by atoms with Crippen LogP contribution in [0.5, 0.6) is 0 Å². The van der Waals surface area contributed by atoms with Gasteiger partial charge < -0.3 is 24.9 Å². The average molecular weight is 612 g/mol. The number of aromatic amines is 5. The summed E-state index contributed by atoms with van der Waals surface area (Å²) in [6, 6.07) is 22.0. The van der Waals surface area contributed by atoms with Crippen LogP contribution in [-0.2, 0) is 0 Å². The highest BCUT2D eigenvalue weighted by Gasteiger charge is 2.28. The molecule has 0 aliphatic heterocycles. The molecular weight excluding hydrogens is 574 g/mol. The maximum Gasteiger partial charge on any atom is 0.153 e. The van der Waals surface area contributed by atoms with Gasteiger partial charge in [-0.25, -0.2) is 0 Å². The van der Waals surface area contributed by atoms with E-state index in [2.05, 4.69) is 148 Å². The third kappa shape index (κ3) is 5.14. The van der Waals surface area contributed by atoms with E-state index in [9.17, 15) is 0 Å². The summed E-state index contributed by atoms with van der Waals surface area (Å²) in [5.41, 5.74) is 17.6. The molecule has 0 spiro atoms. The molecule has 9 rings (SSSR count). The van der Waals surface area contributed by atoms with Gasteiger partial charge >= 0.3 is 0 Å². The van der Waals surface area contributed by atoms with Crippen molar-refractivity contribution >= 4 is 33.4 Å². The Labute approximate surface area is 274 Å². The molecule has 0 unspecified atom stereocenters. The van der Waals surface area contributed by atoms with Gasteiger partial charge in [-0.2, -0.15) is 0 Å². The van der Waals surface area contributed by atoms with Crippen molar-refractivity contribution in [3.05, 3.63) is 177 Å². The molecule has 5 heteroatoms. The molecule has 0 saturated heterocycles. The third-order valence-electron chi connectivity index (χ3n) is 9.96. The largest absolute Gasteiger partial charge is 0.359 e. The molecule has 5 nitrogen and oxygen atoms in total. The van der Waals surface area contributed by atoms with Gasteiger partial charge in [-0.1, -0.05) is 24.3 Å². The summed E-state index contributed by atoms with van der Waals surface area (Å²) in [6.07, 6.45) is 21.7. The highest BCUT2D eigenvalue weighted by molar-refractivity contribution is 5.86. The summed E-state index contributed by atoms with van der Waals surface area (Å²) in [7, 11) is 0. The molecule has 0 fully saturated rings. The maximum absolute atomic E-state index is 3.72. The average Bonchev–Trinajstić information content (AvgIpc) is 3.90. The van der Waals surface area contributed by atoms with Crippen molar-refractivity contribution in [2.45, 2.75) is 39.5 Å². The molecule has 0 aromatic carbocycles. The Bertz CT molecular complexity index is 2180. The first-order chi connectivity index (χ1) is 23.0. The quantitative estimate of drug-likeness (QED) is 0.120. The van der Waals surface area contributed by atoms with Gasteiger partial charge in [0.05, 0.1) is 71.0 Å². The van der Waals surface area contributed by atoms with Crippen LogP contribution in [0.2, 0.25) is 0 Å². The zero-order chi connectivity index (χ0) is 31.5. The highest BCUT2D eigenvalue weighted by Crippen LogP contribution is 2.37. The van der Waals surface area contributed by atoms with Crippen molar-refractivity contribution in [2.75, 3.05) is 0 Å². The van der Waals surface area contributed by atoms with Gasteiger partial charge in [-0.3, -0.25) is 0 Å². The number of allylic oxidation sites excluding steroid dienone is 12. The van der Waals surface area contributed by atoms with Crippen molar-refractivity contribution in [2.24, 2.45) is 0 Å². The van der Waals surface area contributed by atoms with Crippen molar-refractivity contribution in [3.63, 3.8) is 0 Å². The van der Waals surface area contributed by atoms with Crippen LogP contribution in [0.4, 0.5) is 0 Å². The summed E-state index contributed by atoms with van der Waals surface area (Å²) >= 11 is 0. The predicted molar refractivity (Wildman–Crippen MR) is 193 cm³/mol. The fourth-order valence-corrected chi connectivity index (χ4v) is 7.27. The number of aryl methyl sites for hydroxylation is 2. The van der Waals surface area contributed by atoms with Crippen LogP contribution in [0.15, 0.2) is 109 Å². The van der Waals surface area contributed by atoms with Crippen molar-refractivity contribution < 1.29 is 0 Å². The fraction of sp³-hybridized carbons (Fsp3) is 0.143. The SMILES string of the molecule is Cc1ccc(C2=CC=C(c3ccc([C+]4C=C/C(=c5/cc/c(=C6/C=C[C+](c7ccc(C8=CC=C(c9ccc(C)[nH]9)C8)[nH]7)C6)[nH]5)C4)[nH]3)C2)[nH]1. The normalized spacial score (nSPS) is 19.7. The molecule has 5 N–H and O–H groups in total. The zero-order valence-electron chi connectivity index (χ0n) is 26.7. The zero-order valence-corrected chi connectivity index (χ0v) is 26.7. The van der Waals surface area contributed by atoms with Gasteiger partial charge in [-0.15, -0.1) is 0 Å². The smallest absolute Gasteiger partial charge is 0.153 e. The lowest BCUT2D eigenvalue weighted by atomic mass is 10.0. The Morgan fingerprint density at radius 2 is 0.851 bits per heavy atom. The molecule has 0 amide bonds. The topological polar surface area (TPSA) is 78.9 Å². The van der Waals surface area contributed by atoms with E-state index < -0.39 is 0 Å². The molecule has 0 bridgehead atoms. The Kier molecular flexibility index (Phi) is 6.46. The standard InChI is InChI=1S/C42H37N5/c1-25-3-13-35(43-25)27-5-7-29(21-27)37-15-17-39(45-37)31-9-11-33(23-31)41-19-20-42(47-41)34-12-10-32(24-34)40-18-16-38(46-40)30-8-6-28(22-30)36-14-4-26(2)44-36/h3-20,43-47H,21-24H2,1-2H3/q+2/b41-33+,42-34+. The number of hydrogen-bond donors (Lipinski definition) is 5. The summed E-state index contributed by atoms with van der Waals surface area (Å²) in [6.45, 7) is 4.20. The van der Waals surface area contributed by atoms with Crippen LogP contribution in [-0.4, -0.2) is 24.9 Å². The van der Waals surface area contributed by atoms with E-state index in [-0.39, 0.29) is 0 Å². The Morgan fingerprint density at radius 1 is 0.447 bits per heavy atom. The Hall–Kier alpha value is -5.68. The molecule has 0 atom stereocenters. The van der Waals surface area contributed by atoms with Gasteiger partial charge in [0, 0.05) is 71.0 Å². The number of nitrogens with one attached hydrogen (secondary N) is 5. The number of rotatable bonds is 6. The van der Waals surface area contributed by atoms with E-state index in [0.29, 0.717) is 0 Å². The lowest BCUT2D eigenvalue weighted by Crippen LogP contribution is -2.14.